The van der Waals surface area contributed by atoms with E-state index in [1.807, 2.05) is 0 Å². The number of benzene rings is 1. The fraction of sp³-hybridized carbons (Fsp3) is 0.333. The molecule has 8 heteroatoms. The van der Waals surface area contributed by atoms with Gasteiger partial charge in [-0.1, -0.05) is 17.0 Å². The number of para-hydroxylation sites is 1. The van der Waals surface area contributed by atoms with Gasteiger partial charge in [0.15, 0.2) is 0 Å². The van der Waals surface area contributed by atoms with Gasteiger partial charge < -0.3 is 9.47 Å². The van der Waals surface area contributed by atoms with Crippen LogP contribution >= 0.6 is 0 Å². The number of nitrogens with zero attached hydrogens (tertiary/aromatic N) is 3. The summed E-state index contributed by atoms with van der Waals surface area (Å²) >= 11 is 0. The van der Waals surface area contributed by atoms with Gasteiger partial charge in [0.25, 0.3) is 0 Å². The van der Waals surface area contributed by atoms with Crippen molar-refractivity contribution >= 4 is 23.2 Å². The lowest BCUT2D eigenvalue weighted by molar-refractivity contribution is -0.146. The van der Waals surface area contributed by atoms with Crippen LogP contribution in [0.1, 0.15) is 6.92 Å². The molecule has 0 bridgehead atoms. The van der Waals surface area contributed by atoms with E-state index in [0.29, 0.717) is 11.0 Å². The highest BCUT2D eigenvalue weighted by Crippen LogP contribution is 2.08. The maximum Gasteiger partial charge on any atom is 0.535 e. The molecule has 0 radical (unpaired) electrons. The van der Waals surface area contributed by atoms with Crippen molar-refractivity contribution in [3.8, 4) is 0 Å². The lowest BCUT2D eigenvalue weighted by atomic mass is 10.2. The zero-order valence-electron chi connectivity index (χ0n) is 11.0. The molecule has 0 aliphatic heterocycles. The zero-order valence-corrected chi connectivity index (χ0v) is 11.0. The van der Waals surface area contributed by atoms with Gasteiger partial charge in [-0.05, 0) is 24.3 Å². The zero-order chi connectivity index (χ0) is 14.5. The summed E-state index contributed by atoms with van der Waals surface area (Å²) in [5, 5.41) is 7.48. The molecule has 0 amide bonds. The number of rotatable bonds is 4. The second-order valence-electron chi connectivity index (χ2n) is 4.03. The van der Waals surface area contributed by atoms with E-state index in [2.05, 4.69) is 15.0 Å². The predicted molar refractivity (Wildman–Crippen MR) is 66.6 cm³/mol. The lowest BCUT2D eigenvalue weighted by Gasteiger charge is -2.09. The van der Waals surface area contributed by atoms with Crippen molar-refractivity contribution in [3.63, 3.8) is 0 Å². The number of esters is 1. The first-order valence-electron chi connectivity index (χ1n) is 5.85. The van der Waals surface area contributed by atoms with Gasteiger partial charge in [0.1, 0.15) is 17.6 Å². The van der Waals surface area contributed by atoms with Gasteiger partial charge in [-0.15, -0.1) is 5.10 Å². The summed E-state index contributed by atoms with van der Waals surface area (Å²) in [5.41, 5.74) is 1.12. The summed E-state index contributed by atoms with van der Waals surface area (Å²) in [6, 6.07) is 6.97. The van der Waals surface area contributed by atoms with Crippen LogP contribution in [0.4, 0.5) is 4.79 Å². The summed E-state index contributed by atoms with van der Waals surface area (Å²) < 4.78 is 9.31. The molecule has 1 atom stereocenters. The fourth-order valence-electron chi connectivity index (χ4n) is 1.47. The van der Waals surface area contributed by atoms with Gasteiger partial charge in [-0.25, -0.2) is 4.79 Å². The Hall–Kier alpha value is -2.64. The number of hydrogen-bond donors (Lipinski definition) is 0. The Morgan fingerprint density at radius 3 is 2.85 bits per heavy atom. The minimum absolute atomic E-state index is 0.141. The fourth-order valence-corrected chi connectivity index (χ4v) is 1.47. The Morgan fingerprint density at radius 2 is 2.10 bits per heavy atom. The van der Waals surface area contributed by atoms with Crippen LogP contribution in [0.2, 0.25) is 0 Å². The highest BCUT2D eigenvalue weighted by Gasteiger charge is 2.17. The predicted octanol–water partition coefficient (Wildman–Crippen LogP) is 0.806. The molecular formula is C12H13N3O5. The number of methoxy groups -OCH3 is 1. The molecule has 1 aromatic carbocycles. The second-order valence-corrected chi connectivity index (χ2v) is 4.03. The molecule has 0 fully saturated rings. The van der Waals surface area contributed by atoms with Gasteiger partial charge in [-0.3, -0.25) is 9.63 Å². The average molecular weight is 279 g/mol. The van der Waals surface area contributed by atoms with Crippen molar-refractivity contribution < 1.29 is 23.9 Å². The van der Waals surface area contributed by atoms with Crippen molar-refractivity contribution in [1.29, 1.82) is 0 Å². The van der Waals surface area contributed by atoms with Crippen LogP contribution < -0.4 is 4.84 Å². The molecule has 0 saturated carbocycles. The Balaban J connectivity index is 1.93. The van der Waals surface area contributed by atoms with Crippen LogP contribution in [0.5, 0.6) is 0 Å². The highest BCUT2D eigenvalue weighted by molar-refractivity contribution is 5.74. The Labute approximate surface area is 114 Å². The van der Waals surface area contributed by atoms with Gasteiger partial charge in [-0.2, -0.15) is 0 Å². The number of hydrogen-bond acceptors (Lipinski definition) is 7. The molecule has 8 nitrogen and oxygen atoms in total. The van der Waals surface area contributed by atoms with Crippen molar-refractivity contribution in [3.05, 3.63) is 24.3 Å². The number of aromatic nitrogens is 3. The molecule has 0 N–H and O–H groups in total. The molecule has 0 aliphatic carbocycles. The van der Waals surface area contributed by atoms with E-state index in [-0.39, 0.29) is 6.61 Å². The van der Waals surface area contributed by atoms with E-state index in [4.69, 9.17) is 9.57 Å². The first-order valence-corrected chi connectivity index (χ1v) is 5.85. The summed E-state index contributed by atoms with van der Waals surface area (Å²) in [7, 11) is 1.26. The Kier molecular flexibility index (Phi) is 4.14. The van der Waals surface area contributed by atoms with Gasteiger partial charge in [0, 0.05) is 0 Å². The van der Waals surface area contributed by atoms with Crippen LogP contribution in [-0.2, 0) is 14.3 Å². The molecule has 1 heterocycles. The Morgan fingerprint density at radius 1 is 1.35 bits per heavy atom. The number of fused-ring (bicyclic) bond motifs is 1. The summed E-state index contributed by atoms with van der Waals surface area (Å²) in [5.74, 6) is -1.04. The summed E-state index contributed by atoms with van der Waals surface area (Å²) in [4.78, 5) is 28.4. The molecule has 1 unspecified atom stereocenters. The first kappa shape index (κ1) is 13.8. The first-order chi connectivity index (χ1) is 9.61. The molecule has 2 rings (SSSR count). The molecule has 2 aromatic rings. The van der Waals surface area contributed by atoms with Gasteiger partial charge in [0.2, 0.25) is 0 Å². The molecule has 0 spiro atoms. The van der Waals surface area contributed by atoms with Gasteiger partial charge >= 0.3 is 12.1 Å². The normalized spacial score (nSPS) is 11.9. The number of carbonyl (C=O) groups excluding carboxylic acids is 2. The van der Waals surface area contributed by atoms with E-state index in [9.17, 15) is 9.59 Å². The smallest absolute Gasteiger partial charge is 0.469 e. The number of carbonyl (C=O) groups is 2. The van der Waals surface area contributed by atoms with Crippen molar-refractivity contribution in [2.45, 2.75) is 6.92 Å². The minimum Gasteiger partial charge on any atom is -0.469 e. The van der Waals surface area contributed by atoms with Crippen molar-refractivity contribution in [2.24, 2.45) is 5.92 Å². The van der Waals surface area contributed by atoms with Crippen LogP contribution in [0.3, 0.4) is 0 Å². The van der Waals surface area contributed by atoms with Crippen LogP contribution in [-0.4, -0.2) is 41.0 Å². The maximum atomic E-state index is 11.5. The van der Waals surface area contributed by atoms with E-state index in [0.717, 1.165) is 4.85 Å². The molecule has 0 saturated heterocycles. The van der Waals surface area contributed by atoms with Crippen molar-refractivity contribution in [2.75, 3.05) is 13.7 Å². The summed E-state index contributed by atoms with van der Waals surface area (Å²) in [6.07, 6.45) is -0.976. The van der Waals surface area contributed by atoms with Gasteiger partial charge in [0.05, 0.1) is 13.0 Å². The monoisotopic (exact) mass is 279 g/mol. The van der Waals surface area contributed by atoms with Crippen LogP contribution in [0.25, 0.3) is 11.0 Å². The Bertz CT molecular complexity index is 624. The standard InChI is InChI=1S/C12H13N3O5/c1-8(11(16)18-2)7-19-12(17)20-15-10-6-4-3-5-9(10)13-14-15/h3-6,8H,7H2,1-2H3. The maximum absolute atomic E-state index is 11.5. The van der Waals surface area contributed by atoms with Crippen LogP contribution in [0, 0.1) is 5.92 Å². The van der Waals surface area contributed by atoms with E-state index in [1.54, 1.807) is 31.2 Å². The van der Waals surface area contributed by atoms with Crippen molar-refractivity contribution in [1.82, 2.24) is 15.2 Å². The quantitative estimate of drug-likeness (QED) is 0.603. The topological polar surface area (TPSA) is 92.5 Å². The molecule has 0 aliphatic rings. The number of ether oxygens (including phenoxy) is 2. The minimum atomic E-state index is -0.976. The molecule has 106 valence electrons. The third-order valence-corrected chi connectivity index (χ3v) is 2.54. The van der Waals surface area contributed by atoms with E-state index >= 15 is 0 Å². The largest absolute Gasteiger partial charge is 0.535 e. The van der Waals surface area contributed by atoms with E-state index < -0.39 is 18.0 Å². The molecular weight excluding hydrogens is 266 g/mol. The molecule has 20 heavy (non-hydrogen) atoms. The van der Waals surface area contributed by atoms with E-state index in [1.165, 1.54) is 7.11 Å². The molecule has 1 aromatic heterocycles. The SMILES string of the molecule is COC(=O)C(C)COC(=O)On1nnc2ccccc21. The van der Waals surface area contributed by atoms with Crippen LogP contribution in [0.15, 0.2) is 24.3 Å². The lowest BCUT2D eigenvalue weighted by Crippen LogP contribution is -2.26. The summed E-state index contributed by atoms with van der Waals surface area (Å²) in [6.45, 7) is 1.43. The third-order valence-electron chi connectivity index (χ3n) is 2.54. The third kappa shape index (κ3) is 3.02. The average Bonchev–Trinajstić information content (AvgIpc) is 2.87. The second kappa shape index (κ2) is 6.00. The highest BCUT2D eigenvalue weighted by atomic mass is 16.8.